The van der Waals surface area contributed by atoms with Crippen LogP contribution in [0.1, 0.15) is 18.1 Å². The van der Waals surface area contributed by atoms with Gasteiger partial charge in [0, 0.05) is 25.7 Å². The molecule has 2 aromatic rings. The third-order valence-corrected chi connectivity index (χ3v) is 5.59. The first kappa shape index (κ1) is 16.3. The Labute approximate surface area is 148 Å². The molecule has 0 radical (unpaired) electrons. The van der Waals surface area contributed by atoms with Gasteiger partial charge in [0.1, 0.15) is 0 Å². The molecule has 0 bridgehead atoms. The third kappa shape index (κ3) is 3.20. The number of carbonyl (C=O) groups excluding carboxylic acids is 1. The van der Waals surface area contributed by atoms with E-state index in [-0.39, 0.29) is 11.9 Å². The molecule has 1 saturated carbocycles. The molecule has 1 heterocycles. The smallest absolute Gasteiger partial charge is 0.256 e. The summed E-state index contributed by atoms with van der Waals surface area (Å²) in [5.74, 6) is 0.728. The molecule has 130 valence electrons. The summed E-state index contributed by atoms with van der Waals surface area (Å²) >= 11 is 0. The quantitative estimate of drug-likeness (QED) is 0.880. The van der Waals surface area contributed by atoms with Crippen molar-refractivity contribution in [2.45, 2.75) is 25.1 Å². The molecule has 4 rings (SSSR count). The predicted octanol–water partition coefficient (Wildman–Crippen LogP) is 2.14. The summed E-state index contributed by atoms with van der Waals surface area (Å²) in [5.41, 5.74) is 0.474. The van der Waals surface area contributed by atoms with Crippen molar-refractivity contribution in [2.75, 3.05) is 13.1 Å². The number of fused-ring (bicyclic) bond motifs is 1. The van der Waals surface area contributed by atoms with Gasteiger partial charge >= 0.3 is 0 Å². The topological polar surface area (TPSA) is 52.6 Å². The number of rotatable bonds is 5. The maximum absolute atomic E-state index is 12.5. The molecule has 4 atom stereocenters. The summed E-state index contributed by atoms with van der Waals surface area (Å²) in [5, 5.41) is 13.7. The second-order valence-corrected chi connectivity index (χ2v) is 7.44. The highest BCUT2D eigenvalue weighted by molar-refractivity contribution is 5.86. The number of nitrogens with zero attached hydrogens (tertiary/aromatic N) is 1. The molecule has 1 amide bonds. The summed E-state index contributed by atoms with van der Waals surface area (Å²) in [4.78, 5) is 15.0. The number of carbonyl (C=O) groups is 1. The van der Waals surface area contributed by atoms with Gasteiger partial charge in [-0.3, -0.25) is 9.69 Å². The molecule has 0 spiro atoms. The van der Waals surface area contributed by atoms with E-state index in [1.807, 2.05) is 24.3 Å². The number of aliphatic hydroxyl groups is 1. The summed E-state index contributed by atoms with van der Waals surface area (Å²) in [6, 6.07) is 19.8. The van der Waals surface area contributed by atoms with Gasteiger partial charge in [0.15, 0.2) is 5.60 Å². The summed E-state index contributed by atoms with van der Waals surface area (Å²) in [6.45, 7) is 4.56. The Hall–Kier alpha value is -2.17. The van der Waals surface area contributed by atoms with Crippen molar-refractivity contribution >= 4 is 5.91 Å². The van der Waals surface area contributed by atoms with Crippen LogP contribution in [0.5, 0.6) is 0 Å². The third-order valence-electron chi connectivity index (χ3n) is 5.59. The Kier molecular flexibility index (Phi) is 4.10. The molecule has 4 nitrogen and oxygen atoms in total. The van der Waals surface area contributed by atoms with Gasteiger partial charge in [-0.05, 0) is 29.9 Å². The van der Waals surface area contributed by atoms with Gasteiger partial charge in [-0.1, -0.05) is 60.7 Å². The van der Waals surface area contributed by atoms with Crippen LogP contribution in [0.15, 0.2) is 60.7 Å². The number of hydrogen-bond acceptors (Lipinski definition) is 3. The van der Waals surface area contributed by atoms with Gasteiger partial charge in [-0.25, -0.2) is 0 Å². The van der Waals surface area contributed by atoms with Crippen molar-refractivity contribution in [2.24, 2.45) is 11.8 Å². The number of nitrogens with one attached hydrogen (secondary N) is 1. The molecule has 2 aliphatic rings. The van der Waals surface area contributed by atoms with Crippen LogP contribution in [-0.4, -0.2) is 35.0 Å². The summed E-state index contributed by atoms with van der Waals surface area (Å²) in [7, 11) is 0. The Balaban J connectivity index is 1.31. The average molecular weight is 336 g/mol. The Morgan fingerprint density at radius 2 is 1.64 bits per heavy atom. The lowest BCUT2D eigenvalue weighted by Gasteiger charge is -2.25. The number of hydrogen-bond donors (Lipinski definition) is 2. The summed E-state index contributed by atoms with van der Waals surface area (Å²) in [6.07, 6.45) is 0. The minimum Gasteiger partial charge on any atom is -0.376 e. The maximum Gasteiger partial charge on any atom is 0.256 e. The highest BCUT2D eigenvalue weighted by Gasteiger charge is 2.57. The van der Waals surface area contributed by atoms with E-state index in [0.717, 1.165) is 19.6 Å². The second-order valence-electron chi connectivity index (χ2n) is 7.44. The molecule has 1 saturated heterocycles. The molecule has 4 heteroatoms. The molecule has 0 aromatic heterocycles. The van der Waals surface area contributed by atoms with E-state index in [1.54, 1.807) is 19.1 Å². The molecule has 2 aromatic carbocycles. The number of piperidine rings is 1. The van der Waals surface area contributed by atoms with Crippen molar-refractivity contribution < 1.29 is 9.90 Å². The van der Waals surface area contributed by atoms with Crippen LogP contribution < -0.4 is 5.32 Å². The standard InChI is InChI=1S/C21H24N2O2/c1-21(25,16-10-6-3-7-11-16)20(24)22-19-17-13-23(14-18(17)19)12-15-8-4-2-5-9-15/h2-11,17-19,25H,12-14H2,1H3,(H,22,24)/t17-,18+,19+,21?. The van der Waals surface area contributed by atoms with E-state index < -0.39 is 5.60 Å². The van der Waals surface area contributed by atoms with Crippen LogP contribution in [0.3, 0.4) is 0 Å². The van der Waals surface area contributed by atoms with E-state index >= 15 is 0 Å². The van der Waals surface area contributed by atoms with E-state index in [0.29, 0.717) is 17.4 Å². The Morgan fingerprint density at radius 3 is 2.24 bits per heavy atom. The van der Waals surface area contributed by atoms with Crippen molar-refractivity contribution in [1.82, 2.24) is 10.2 Å². The van der Waals surface area contributed by atoms with Crippen LogP contribution in [0.4, 0.5) is 0 Å². The summed E-state index contributed by atoms with van der Waals surface area (Å²) < 4.78 is 0. The fraction of sp³-hybridized carbons (Fsp3) is 0.381. The fourth-order valence-electron chi connectivity index (χ4n) is 3.98. The van der Waals surface area contributed by atoms with Crippen LogP contribution in [0.2, 0.25) is 0 Å². The number of benzene rings is 2. The largest absolute Gasteiger partial charge is 0.376 e. The van der Waals surface area contributed by atoms with E-state index in [9.17, 15) is 9.90 Å². The molecule has 1 aliphatic carbocycles. The molecule has 2 N–H and O–H groups in total. The zero-order chi connectivity index (χ0) is 17.4. The molecule has 1 aliphatic heterocycles. The van der Waals surface area contributed by atoms with Crippen LogP contribution >= 0.6 is 0 Å². The average Bonchev–Trinajstić information content (AvgIpc) is 3.07. The molecule has 2 fully saturated rings. The molecule has 25 heavy (non-hydrogen) atoms. The minimum absolute atomic E-state index is 0.203. The van der Waals surface area contributed by atoms with Gasteiger partial charge < -0.3 is 10.4 Å². The number of amides is 1. The lowest BCUT2D eigenvalue weighted by atomic mass is 9.95. The normalized spacial score (nSPS) is 27.4. The lowest BCUT2D eigenvalue weighted by Crippen LogP contribution is -2.45. The first-order valence-electron chi connectivity index (χ1n) is 8.91. The Morgan fingerprint density at radius 1 is 1.08 bits per heavy atom. The van der Waals surface area contributed by atoms with Crippen molar-refractivity contribution in [1.29, 1.82) is 0 Å². The SMILES string of the molecule is CC(O)(C(=O)N[C@H]1[C@@H]2CN(Cc3ccccc3)C[C@@H]21)c1ccccc1. The van der Waals surface area contributed by atoms with Gasteiger partial charge in [-0.2, -0.15) is 0 Å². The van der Waals surface area contributed by atoms with Crippen LogP contribution in [0.25, 0.3) is 0 Å². The monoisotopic (exact) mass is 336 g/mol. The van der Waals surface area contributed by atoms with Crippen molar-refractivity contribution in [3.05, 3.63) is 71.8 Å². The highest BCUT2D eigenvalue weighted by atomic mass is 16.3. The second kappa shape index (κ2) is 6.28. The van der Waals surface area contributed by atoms with Crippen molar-refractivity contribution in [3.63, 3.8) is 0 Å². The highest BCUT2D eigenvalue weighted by Crippen LogP contribution is 2.46. The maximum atomic E-state index is 12.5. The number of likely N-dealkylation sites (tertiary alicyclic amines) is 1. The van der Waals surface area contributed by atoms with Gasteiger partial charge in [0.05, 0.1) is 0 Å². The predicted molar refractivity (Wildman–Crippen MR) is 96.6 cm³/mol. The molecule has 1 unspecified atom stereocenters. The van der Waals surface area contributed by atoms with Gasteiger partial charge in [0.25, 0.3) is 5.91 Å². The van der Waals surface area contributed by atoms with Gasteiger partial charge in [-0.15, -0.1) is 0 Å². The molecular weight excluding hydrogens is 312 g/mol. The van der Waals surface area contributed by atoms with E-state index in [1.165, 1.54) is 5.56 Å². The minimum atomic E-state index is -1.48. The zero-order valence-corrected chi connectivity index (χ0v) is 14.4. The van der Waals surface area contributed by atoms with E-state index in [2.05, 4.69) is 34.5 Å². The lowest BCUT2D eigenvalue weighted by molar-refractivity contribution is -0.139. The van der Waals surface area contributed by atoms with Crippen molar-refractivity contribution in [3.8, 4) is 0 Å². The first-order valence-corrected chi connectivity index (χ1v) is 8.91. The zero-order valence-electron chi connectivity index (χ0n) is 14.4. The Bertz CT molecular complexity index is 733. The van der Waals surface area contributed by atoms with Crippen LogP contribution in [-0.2, 0) is 16.9 Å². The molecular formula is C21H24N2O2. The fourth-order valence-corrected chi connectivity index (χ4v) is 3.98. The van der Waals surface area contributed by atoms with E-state index in [4.69, 9.17) is 0 Å². The van der Waals surface area contributed by atoms with Crippen LogP contribution in [0, 0.1) is 11.8 Å². The first-order chi connectivity index (χ1) is 12.1. The van der Waals surface area contributed by atoms with Gasteiger partial charge in [0.2, 0.25) is 0 Å².